The summed E-state index contributed by atoms with van der Waals surface area (Å²) in [5.74, 6) is -0.380. The van der Waals surface area contributed by atoms with E-state index in [-0.39, 0.29) is 5.69 Å². The zero-order chi connectivity index (χ0) is 15.7. The Kier molecular flexibility index (Phi) is 3.30. The summed E-state index contributed by atoms with van der Waals surface area (Å²) in [7, 11) is 3.26. The first-order valence-corrected chi connectivity index (χ1v) is 6.29. The van der Waals surface area contributed by atoms with Crippen LogP contribution in [0.2, 0.25) is 0 Å². The van der Waals surface area contributed by atoms with Gasteiger partial charge in [-0.1, -0.05) is 0 Å². The fourth-order valence-electron chi connectivity index (χ4n) is 1.95. The Morgan fingerprint density at radius 2 is 2.14 bits per heavy atom. The van der Waals surface area contributed by atoms with Gasteiger partial charge in [-0.2, -0.15) is 10.2 Å². The van der Waals surface area contributed by atoms with Gasteiger partial charge in [0.15, 0.2) is 11.5 Å². The molecule has 3 rings (SSSR count). The van der Waals surface area contributed by atoms with Crippen molar-refractivity contribution in [1.82, 2.24) is 29.8 Å². The molecule has 0 radical (unpaired) electrons. The first-order chi connectivity index (χ1) is 10.6. The van der Waals surface area contributed by atoms with E-state index in [1.54, 1.807) is 36.3 Å². The molecule has 9 heteroatoms. The standard InChI is InChI=1S/C13H12N6O3/c1-18-7-8(6-14-18)10-5-9(13(20)21)17-19(10)11-3-4-12(22-2)16-15-11/h3-7H,1-2H3,(H,20,21). The van der Waals surface area contributed by atoms with Crippen molar-refractivity contribution >= 4 is 5.97 Å². The van der Waals surface area contributed by atoms with Gasteiger partial charge in [-0.15, -0.1) is 10.2 Å². The number of hydrogen-bond acceptors (Lipinski definition) is 6. The lowest BCUT2D eigenvalue weighted by atomic mass is 10.2. The molecule has 0 aliphatic carbocycles. The smallest absolute Gasteiger partial charge is 0.356 e. The molecule has 22 heavy (non-hydrogen) atoms. The minimum Gasteiger partial charge on any atom is -0.480 e. The monoisotopic (exact) mass is 300 g/mol. The molecule has 0 fully saturated rings. The van der Waals surface area contributed by atoms with E-state index >= 15 is 0 Å². The van der Waals surface area contributed by atoms with Gasteiger partial charge in [-0.25, -0.2) is 9.48 Å². The lowest BCUT2D eigenvalue weighted by molar-refractivity contribution is 0.0690. The highest BCUT2D eigenvalue weighted by molar-refractivity contribution is 5.87. The fourth-order valence-corrected chi connectivity index (χ4v) is 1.95. The Bertz CT molecular complexity index is 821. The molecule has 3 aromatic rings. The molecule has 0 bridgehead atoms. The highest BCUT2D eigenvalue weighted by Gasteiger charge is 2.18. The van der Waals surface area contributed by atoms with Gasteiger partial charge >= 0.3 is 5.97 Å². The second-order valence-electron chi connectivity index (χ2n) is 4.47. The van der Waals surface area contributed by atoms with Gasteiger partial charge < -0.3 is 9.84 Å². The van der Waals surface area contributed by atoms with E-state index in [2.05, 4.69) is 20.4 Å². The summed E-state index contributed by atoms with van der Waals surface area (Å²) in [6.45, 7) is 0. The summed E-state index contributed by atoms with van der Waals surface area (Å²) in [6, 6.07) is 4.73. The number of nitrogens with zero attached hydrogens (tertiary/aromatic N) is 6. The van der Waals surface area contributed by atoms with Gasteiger partial charge in [-0.05, 0) is 12.1 Å². The van der Waals surface area contributed by atoms with Crippen molar-refractivity contribution in [1.29, 1.82) is 0 Å². The average molecular weight is 300 g/mol. The molecule has 0 spiro atoms. The quantitative estimate of drug-likeness (QED) is 0.758. The van der Waals surface area contributed by atoms with E-state index < -0.39 is 5.97 Å². The number of methoxy groups -OCH3 is 1. The maximum atomic E-state index is 11.2. The SMILES string of the molecule is COc1ccc(-n2nc(C(=O)O)cc2-c2cnn(C)c2)nn1. The largest absolute Gasteiger partial charge is 0.480 e. The van der Waals surface area contributed by atoms with Crippen LogP contribution >= 0.6 is 0 Å². The number of ether oxygens (including phenoxy) is 1. The van der Waals surface area contributed by atoms with Gasteiger partial charge in [0, 0.05) is 24.9 Å². The molecule has 1 N–H and O–H groups in total. The zero-order valence-corrected chi connectivity index (χ0v) is 11.8. The van der Waals surface area contributed by atoms with Crippen molar-refractivity contribution < 1.29 is 14.6 Å². The van der Waals surface area contributed by atoms with Crippen molar-refractivity contribution in [3.05, 3.63) is 36.3 Å². The molecular formula is C13H12N6O3. The number of carbonyl (C=O) groups is 1. The van der Waals surface area contributed by atoms with Gasteiger partial charge in [-0.3, -0.25) is 4.68 Å². The summed E-state index contributed by atoms with van der Waals surface area (Å²) in [5.41, 5.74) is 1.20. The maximum absolute atomic E-state index is 11.2. The summed E-state index contributed by atoms with van der Waals surface area (Å²) in [4.78, 5) is 11.2. The van der Waals surface area contributed by atoms with Crippen molar-refractivity contribution in [3.63, 3.8) is 0 Å². The number of aromatic carboxylic acids is 1. The van der Waals surface area contributed by atoms with E-state index in [1.807, 2.05) is 0 Å². The first kappa shape index (κ1) is 13.7. The second kappa shape index (κ2) is 5.28. The molecule has 0 aromatic carbocycles. The van der Waals surface area contributed by atoms with Crippen LogP contribution in [0.15, 0.2) is 30.6 Å². The number of hydrogen-bond donors (Lipinski definition) is 1. The minimum absolute atomic E-state index is 0.0866. The van der Waals surface area contributed by atoms with Crippen LogP contribution in [0.5, 0.6) is 5.88 Å². The van der Waals surface area contributed by atoms with E-state index in [1.165, 1.54) is 17.9 Å². The topological polar surface area (TPSA) is 108 Å². The molecule has 0 amide bonds. The normalized spacial score (nSPS) is 10.6. The molecule has 3 aromatic heterocycles. The van der Waals surface area contributed by atoms with Crippen LogP contribution in [0.1, 0.15) is 10.5 Å². The molecule has 0 aliphatic rings. The van der Waals surface area contributed by atoms with Crippen LogP contribution < -0.4 is 4.74 Å². The lowest BCUT2D eigenvalue weighted by Gasteiger charge is -2.04. The molecule has 0 saturated carbocycles. The Balaban J connectivity index is 2.14. The molecule has 0 saturated heterocycles. The van der Waals surface area contributed by atoms with Gasteiger partial charge in [0.05, 0.1) is 19.0 Å². The fraction of sp³-hybridized carbons (Fsp3) is 0.154. The van der Waals surface area contributed by atoms with Crippen molar-refractivity contribution in [2.75, 3.05) is 7.11 Å². The zero-order valence-electron chi connectivity index (χ0n) is 11.8. The number of carboxylic acids is 1. The van der Waals surface area contributed by atoms with Crippen LogP contribution in [0, 0.1) is 0 Å². The van der Waals surface area contributed by atoms with E-state index in [0.29, 0.717) is 17.4 Å². The highest BCUT2D eigenvalue weighted by Crippen LogP contribution is 2.23. The van der Waals surface area contributed by atoms with Crippen LogP contribution in [-0.2, 0) is 7.05 Å². The number of aryl methyl sites for hydroxylation is 1. The van der Waals surface area contributed by atoms with Crippen LogP contribution in [0.4, 0.5) is 0 Å². The Hall–Kier alpha value is -3.23. The summed E-state index contributed by atoms with van der Waals surface area (Å²) >= 11 is 0. The Labute approximate surface area is 124 Å². The number of rotatable bonds is 4. The molecule has 9 nitrogen and oxygen atoms in total. The summed E-state index contributed by atoms with van der Waals surface area (Å²) in [5, 5.41) is 25.1. The minimum atomic E-state index is -1.12. The van der Waals surface area contributed by atoms with Crippen molar-refractivity contribution in [2.24, 2.45) is 7.05 Å². The molecule has 0 unspecified atom stereocenters. The number of aromatic nitrogens is 6. The third kappa shape index (κ3) is 2.39. The predicted octanol–water partition coefficient (Wildman–Crippen LogP) is 0.770. The van der Waals surface area contributed by atoms with Gasteiger partial charge in [0.1, 0.15) is 0 Å². The molecule has 112 valence electrons. The van der Waals surface area contributed by atoms with Crippen LogP contribution in [0.3, 0.4) is 0 Å². The molecule has 0 aliphatic heterocycles. The maximum Gasteiger partial charge on any atom is 0.356 e. The first-order valence-electron chi connectivity index (χ1n) is 6.29. The third-order valence-corrected chi connectivity index (χ3v) is 2.98. The van der Waals surface area contributed by atoms with Crippen LogP contribution in [-0.4, -0.2) is 47.9 Å². The highest BCUT2D eigenvalue weighted by atomic mass is 16.5. The average Bonchev–Trinajstić information content (AvgIpc) is 3.13. The lowest BCUT2D eigenvalue weighted by Crippen LogP contribution is -2.05. The van der Waals surface area contributed by atoms with E-state index in [4.69, 9.17) is 9.84 Å². The van der Waals surface area contributed by atoms with Crippen molar-refractivity contribution in [3.8, 4) is 23.0 Å². The Morgan fingerprint density at radius 1 is 1.32 bits per heavy atom. The van der Waals surface area contributed by atoms with Gasteiger partial charge in [0.2, 0.25) is 5.88 Å². The Morgan fingerprint density at radius 3 is 2.68 bits per heavy atom. The molecular weight excluding hydrogens is 288 g/mol. The molecule has 0 atom stereocenters. The van der Waals surface area contributed by atoms with Gasteiger partial charge in [0.25, 0.3) is 0 Å². The summed E-state index contributed by atoms with van der Waals surface area (Å²) < 4.78 is 7.98. The second-order valence-corrected chi connectivity index (χ2v) is 4.47. The van der Waals surface area contributed by atoms with E-state index in [0.717, 1.165) is 5.56 Å². The van der Waals surface area contributed by atoms with E-state index in [9.17, 15) is 4.79 Å². The predicted molar refractivity (Wildman–Crippen MR) is 74.9 cm³/mol. The number of carboxylic acid groups (broad SMARTS) is 1. The third-order valence-electron chi connectivity index (χ3n) is 2.98. The summed E-state index contributed by atoms with van der Waals surface area (Å²) in [6.07, 6.45) is 3.38. The van der Waals surface area contributed by atoms with Crippen LogP contribution in [0.25, 0.3) is 17.1 Å². The van der Waals surface area contributed by atoms with Crippen molar-refractivity contribution in [2.45, 2.75) is 0 Å². The molecule has 3 heterocycles.